The van der Waals surface area contributed by atoms with Gasteiger partial charge in [-0.15, -0.1) is 0 Å². The van der Waals surface area contributed by atoms with Crippen LogP contribution in [0.15, 0.2) is 52.4 Å². The van der Waals surface area contributed by atoms with Crippen molar-refractivity contribution in [1.29, 1.82) is 0 Å². The van der Waals surface area contributed by atoms with E-state index in [1.165, 1.54) is 4.68 Å². The van der Waals surface area contributed by atoms with E-state index >= 15 is 0 Å². The van der Waals surface area contributed by atoms with Crippen LogP contribution in [0.3, 0.4) is 0 Å². The van der Waals surface area contributed by atoms with Crippen LogP contribution in [-0.4, -0.2) is 29.6 Å². The van der Waals surface area contributed by atoms with Crippen LogP contribution < -0.4 is 15.0 Å². The highest BCUT2D eigenvalue weighted by Crippen LogP contribution is 2.32. The average molecular weight is 363 g/mol. The van der Waals surface area contributed by atoms with E-state index in [0.29, 0.717) is 28.2 Å². The summed E-state index contributed by atoms with van der Waals surface area (Å²) >= 11 is 0. The Morgan fingerprint density at radius 2 is 1.74 bits per heavy atom. The summed E-state index contributed by atoms with van der Waals surface area (Å²) in [5, 5.41) is 5.23. The molecule has 1 saturated carbocycles. The zero-order chi connectivity index (χ0) is 18.8. The normalized spacial score (nSPS) is 13.8. The van der Waals surface area contributed by atoms with Crippen molar-refractivity contribution < 1.29 is 9.47 Å². The minimum absolute atomic E-state index is 0.162. The molecule has 27 heavy (non-hydrogen) atoms. The highest BCUT2D eigenvalue weighted by molar-refractivity contribution is 5.86. The fraction of sp³-hybridized carbons (Fsp3) is 0.286. The lowest BCUT2D eigenvalue weighted by Crippen LogP contribution is -2.21. The molecule has 0 spiro atoms. The molecular weight excluding hydrogens is 342 g/mol. The predicted octanol–water partition coefficient (Wildman–Crippen LogP) is 3.86. The lowest BCUT2D eigenvalue weighted by molar-refractivity contribution is 0.355. The van der Waals surface area contributed by atoms with Gasteiger partial charge in [-0.3, -0.25) is 4.79 Å². The van der Waals surface area contributed by atoms with Crippen LogP contribution in [0.5, 0.6) is 11.5 Å². The molecule has 0 aliphatic heterocycles. The maximum Gasteiger partial charge on any atom is 0.282 e. The number of hydrogen-bond acceptors (Lipinski definition) is 5. The van der Waals surface area contributed by atoms with E-state index < -0.39 is 0 Å². The van der Waals surface area contributed by atoms with Gasteiger partial charge in [0.25, 0.3) is 5.56 Å². The molecule has 138 valence electrons. The Balaban J connectivity index is 1.98. The van der Waals surface area contributed by atoms with Crippen molar-refractivity contribution in [2.45, 2.75) is 25.7 Å². The largest absolute Gasteiger partial charge is 0.493 e. The third kappa shape index (κ3) is 3.18. The molecule has 4 rings (SSSR count). The van der Waals surface area contributed by atoms with E-state index in [9.17, 15) is 4.79 Å². The SMILES string of the molecule is COc1ccc(-c2nc3ccccc3c(=O)n2N=C2CCCC2)cc1OC. The summed E-state index contributed by atoms with van der Waals surface area (Å²) < 4.78 is 12.2. The number of fused-ring (bicyclic) bond motifs is 1. The van der Waals surface area contributed by atoms with Gasteiger partial charge in [0.05, 0.1) is 25.1 Å². The van der Waals surface area contributed by atoms with E-state index in [0.717, 1.165) is 37.0 Å². The van der Waals surface area contributed by atoms with Crippen molar-refractivity contribution in [1.82, 2.24) is 9.66 Å². The standard InChI is InChI=1S/C21H21N3O3/c1-26-18-12-11-14(13-19(18)27-2)20-22-17-10-6-5-9-16(17)21(25)24(20)23-15-7-3-4-8-15/h5-6,9-13H,3-4,7-8H2,1-2H3. The second kappa shape index (κ2) is 7.23. The first kappa shape index (κ1) is 17.3. The summed E-state index contributed by atoms with van der Waals surface area (Å²) in [5.74, 6) is 1.70. The highest BCUT2D eigenvalue weighted by atomic mass is 16.5. The molecule has 1 aliphatic carbocycles. The molecule has 3 aromatic rings. The van der Waals surface area contributed by atoms with Gasteiger partial charge in [-0.05, 0) is 56.0 Å². The molecule has 0 bridgehead atoms. The smallest absolute Gasteiger partial charge is 0.282 e. The molecule has 6 heteroatoms. The number of ether oxygens (including phenoxy) is 2. The van der Waals surface area contributed by atoms with Crippen molar-refractivity contribution in [2.75, 3.05) is 14.2 Å². The lowest BCUT2D eigenvalue weighted by Gasteiger charge is -2.13. The molecule has 6 nitrogen and oxygen atoms in total. The molecule has 0 saturated heterocycles. The van der Waals surface area contributed by atoms with Crippen molar-refractivity contribution >= 4 is 16.6 Å². The molecule has 1 heterocycles. The first-order chi connectivity index (χ1) is 13.2. The number of para-hydroxylation sites is 1. The lowest BCUT2D eigenvalue weighted by atomic mass is 10.1. The number of benzene rings is 2. The van der Waals surface area contributed by atoms with Gasteiger partial charge in [0, 0.05) is 11.3 Å². The first-order valence-electron chi connectivity index (χ1n) is 9.02. The van der Waals surface area contributed by atoms with Crippen molar-refractivity contribution in [3.8, 4) is 22.9 Å². The van der Waals surface area contributed by atoms with Crippen LogP contribution in [0, 0.1) is 0 Å². The van der Waals surface area contributed by atoms with E-state index in [1.807, 2.05) is 36.4 Å². The zero-order valence-electron chi connectivity index (χ0n) is 15.4. The Labute approximate surface area is 157 Å². The van der Waals surface area contributed by atoms with Crippen molar-refractivity contribution in [2.24, 2.45) is 5.10 Å². The average Bonchev–Trinajstić information content (AvgIpc) is 3.22. The molecule has 1 aromatic heterocycles. The maximum atomic E-state index is 13.1. The Morgan fingerprint density at radius 3 is 2.48 bits per heavy atom. The third-order valence-corrected chi connectivity index (χ3v) is 4.82. The second-order valence-electron chi connectivity index (χ2n) is 6.51. The molecular formula is C21H21N3O3. The monoisotopic (exact) mass is 363 g/mol. The van der Waals surface area contributed by atoms with E-state index in [-0.39, 0.29) is 5.56 Å². The molecule has 2 aromatic carbocycles. The van der Waals surface area contributed by atoms with Crippen LogP contribution in [0.25, 0.3) is 22.3 Å². The number of aromatic nitrogens is 2. The Hall–Kier alpha value is -3.15. The summed E-state index contributed by atoms with van der Waals surface area (Å²) in [6.45, 7) is 0. The van der Waals surface area contributed by atoms with Gasteiger partial charge in [-0.25, -0.2) is 4.98 Å². The molecule has 1 aliphatic rings. The number of nitrogens with zero attached hydrogens (tertiary/aromatic N) is 3. The van der Waals surface area contributed by atoms with Crippen molar-refractivity contribution in [3.05, 3.63) is 52.8 Å². The highest BCUT2D eigenvalue weighted by Gasteiger charge is 2.16. The summed E-state index contributed by atoms with van der Waals surface area (Å²) in [6, 6.07) is 12.8. The van der Waals surface area contributed by atoms with Crippen LogP contribution >= 0.6 is 0 Å². The van der Waals surface area contributed by atoms with E-state index in [1.54, 1.807) is 20.3 Å². The third-order valence-electron chi connectivity index (χ3n) is 4.82. The molecule has 0 amide bonds. The molecule has 0 N–H and O–H groups in total. The summed E-state index contributed by atoms with van der Waals surface area (Å²) in [6.07, 6.45) is 4.07. The van der Waals surface area contributed by atoms with Gasteiger partial charge in [0.2, 0.25) is 0 Å². The van der Waals surface area contributed by atoms with E-state index in [4.69, 9.17) is 14.5 Å². The maximum absolute atomic E-state index is 13.1. The molecule has 0 atom stereocenters. The minimum Gasteiger partial charge on any atom is -0.493 e. The zero-order valence-corrected chi connectivity index (χ0v) is 15.4. The summed E-state index contributed by atoms with van der Waals surface area (Å²) in [5.41, 5.74) is 2.27. The topological polar surface area (TPSA) is 65.7 Å². The Bertz CT molecular complexity index is 1080. The molecule has 1 fully saturated rings. The van der Waals surface area contributed by atoms with E-state index in [2.05, 4.69) is 5.10 Å². The van der Waals surface area contributed by atoms with Crippen LogP contribution in [0.4, 0.5) is 0 Å². The van der Waals surface area contributed by atoms with Gasteiger partial charge in [0.1, 0.15) is 0 Å². The second-order valence-corrected chi connectivity index (χ2v) is 6.51. The quantitative estimate of drug-likeness (QED) is 0.706. The molecule has 0 unspecified atom stereocenters. The van der Waals surface area contributed by atoms with Crippen molar-refractivity contribution in [3.63, 3.8) is 0 Å². The van der Waals surface area contributed by atoms with Gasteiger partial charge < -0.3 is 9.47 Å². The molecule has 0 radical (unpaired) electrons. The van der Waals surface area contributed by atoms with Gasteiger partial charge in [0.15, 0.2) is 17.3 Å². The van der Waals surface area contributed by atoms with Gasteiger partial charge in [-0.2, -0.15) is 9.78 Å². The number of rotatable bonds is 4. The predicted molar refractivity (Wildman–Crippen MR) is 106 cm³/mol. The Morgan fingerprint density at radius 1 is 1.00 bits per heavy atom. The number of methoxy groups -OCH3 is 2. The van der Waals surface area contributed by atoms with Crippen LogP contribution in [0.1, 0.15) is 25.7 Å². The van der Waals surface area contributed by atoms with Crippen LogP contribution in [0.2, 0.25) is 0 Å². The Kier molecular flexibility index (Phi) is 4.62. The summed E-state index contributed by atoms with van der Waals surface area (Å²) in [7, 11) is 3.18. The van der Waals surface area contributed by atoms with Gasteiger partial charge in [-0.1, -0.05) is 12.1 Å². The van der Waals surface area contributed by atoms with Crippen LogP contribution in [-0.2, 0) is 0 Å². The fourth-order valence-corrected chi connectivity index (χ4v) is 3.40. The summed E-state index contributed by atoms with van der Waals surface area (Å²) in [4.78, 5) is 17.9. The first-order valence-corrected chi connectivity index (χ1v) is 9.02. The minimum atomic E-state index is -0.162. The fourth-order valence-electron chi connectivity index (χ4n) is 3.40. The number of hydrogen-bond donors (Lipinski definition) is 0. The van der Waals surface area contributed by atoms with Gasteiger partial charge >= 0.3 is 0 Å².